The number of ether oxygens (including phenoxy) is 1. The molecule has 0 amide bonds. The number of aliphatic imine (C=N–C) groups is 1. The number of nitrogens with zero attached hydrogens (tertiary/aromatic N) is 2. The van der Waals surface area contributed by atoms with Crippen LogP contribution in [0.3, 0.4) is 0 Å². The standard InChI is InChI=1S/C19H17N3O/c1-23-15-9-7-14(8-10-15)18-11-16(13-5-3-2-4-6-13)17(12-20)19(21)22-18/h2-11,16-17H,1H3,(H2,21,22)/t16-,17+/m0/s1. The van der Waals surface area contributed by atoms with Gasteiger partial charge in [0.1, 0.15) is 17.5 Å². The Hall–Kier alpha value is -3.06. The molecule has 3 rings (SSSR count). The van der Waals surface area contributed by atoms with Crippen molar-refractivity contribution in [2.45, 2.75) is 5.92 Å². The summed E-state index contributed by atoms with van der Waals surface area (Å²) in [6, 6.07) is 19.8. The van der Waals surface area contributed by atoms with E-state index >= 15 is 0 Å². The molecule has 0 bridgehead atoms. The summed E-state index contributed by atoms with van der Waals surface area (Å²) in [5, 5.41) is 9.46. The average Bonchev–Trinajstić information content (AvgIpc) is 2.62. The first-order valence-corrected chi connectivity index (χ1v) is 7.38. The maximum Gasteiger partial charge on any atom is 0.118 e. The Morgan fingerprint density at radius 1 is 1.09 bits per heavy atom. The smallest absolute Gasteiger partial charge is 0.118 e. The summed E-state index contributed by atoms with van der Waals surface area (Å²) in [6.45, 7) is 0. The third kappa shape index (κ3) is 2.95. The number of benzene rings is 2. The van der Waals surface area contributed by atoms with E-state index in [0.717, 1.165) is 22.6 Å². The van der Waals surface area contributed by atoms with Crippen molar-refractivity contribution in [3.63, 3.8) is 0 Å². The number of amidine groups is 1. The molecular formula is C19H17N3O. The highest BCUT2D eigenvalue weighted by atomic mass is 16.5. The average molecular weight is 303 g/mol. The molecule has 1 aliphatic heterocycles. The molecule has 0 aliphatic carbocycles. The van der Waals surface area contributed by atoms with Crippen LogP contribution in [0.5, 0.6) is 5.75 Å². The molecule has 0 fully saturated rings. The third-order valence-electron chi connectivity index (χ3n) is 3.97. The van der Waals surface area contributed by atoms with E-state index < -0.39 is 5.92 Å². The zero-order chi connectivity index (χ0) is 16.2. The molecule has 2 N–H and O–H groups in total. The lowest BCUT2D eigenvalue weighted by atomic mass is 9.83. The van der Waals surface area contributed by atoms with E-state index in [1.807, 2.05) is 60.7 Å². The van der Waals surface area contributed by atoms with Gasteiger partial charge in [-0.2, -0.15) is 5.26 Å². The summed E-state index contributed by atoms with van der Waals surface area (Å²) in [4.78, 5) is 4.43. The van der Waals surface area contributed by atoms with Crippen LogP contribution in [0, 0.1) is 17.2 Å². The van der Waals surface area contributed by atoms with Crippen molar-refractivity contribution in [2.24, 2.45) is 16.6 Å². The fraction of sp³-hybridized carbons (Fsp3) is 0.158. The molecule has 2 aromatic carbocycles. The minimum atomic E-state index is -0.445. The summed E-state index contributed by atoms with van der Waals surface area (Å²) in [5.41, 5.74) is 8.85. The molecule has 23 heavy (non-hydrogen) atoms. The predicted molar refractivity (Wildman–Crippen MR) is 90.9 cm³/mol. The van der Waals surface area contributed by atoms with Crippen LogP contribution in [-0.4, -0.2) is 12.9 Å². The van der Waals surface area contributed by atoms with Crippen molar-refractivity contribution in [1.82, 2.24) is 0 Å². The van der Waals surface area contributed by atoms with E-state index in [-0.39, 0.29) is 5.92 Å². The highest BCUT2D eigenvalue weighted by molar-refractivity contribution is 5.93. The molecule has 4 nitrogen and oxygen atoms in total. The summed E-state index contributed by atoms with van der Waals surface area (Å²) >= 11 is 0. The third-order valence-corrected chi connectivity index (χ3v) is 3.97. The van der Waals surface area contributed by atoms with Crippen molar-refractivity contribution in [3.8, 4) is 11.8 Å². The van der Waals surface area contributed by atoms with E-state index in [0.29, 0.717) is 5.84 Å². The van der Waals surface area contributed by atoms with Gasteiger partial charge in [0.05, 0.1) is 18.9 Å². The molecule has 4 heteroatoms. The summed E-state index contributed by atoms with van der Waals surface area (Å²) in [6.07, 6.45) is 2.02. The quantitative estimate of drug-likeness (QED) is 0.945. The van der Waals surface area contributed by atoms with Gasteiger partial charge >= 0.3 is 0 Å². The van der Waals surface area contributed by atoms with E-state index in [1.54, 1.807) is 7.11 Å². The van der Waals surface area contributed by atoms with Crippen LogP contribution in [0.4, 0.5) is 0 Å². The molecule has 0 saturated carbocycles. The van der Waals surface area contributed by atoms with Gasteiger partial charge in [0.2, 0.25) is 0 Å². The van der Waals surface area contributed by atoms with Crippen molar-refractivity contribution >= 4 is 11.5 Å². The molecule has 0 saturated heterocycles. The van der Waals surface area contributed by atoms with Crippen molar-refractivity contribution < 1.29 is 4.74 Å². The van der Waals surface area contributed by atoms with Gasteiger partial charge in [-0.15, -0.1) is 0 Å². The zero-order valence-electron chi connectivity index (χ0n) is 12.8. The van der Waals surface area contributed by atoms with E-state index in [4.69, 9.17) is 10.5 Å². The Balaban J connectivity index is 2.03. The Kier molecular flexibility index (Phi) is 4.11. The van der Waals surface area contributed by atoms with Crippen molar-refractivity contribution in [1.29, 1.82) is 5.26 Å². The van der Waals surface area contributed by atoms with Crippen molar-refractivity contribution in [2.75, 3.05) is 7.11 Å². The van der Waals surface area contributed by atoms with Gasteiger partial charge in [0.25, 0.3) is 0 Å². The van der Waals surface area contributed by atoms with Crippen LogP contribution in [0.1, 0.15) is 17.0 Å². The Morgan fingerprint density at radius 2 is 1.78 bits per heavy atom. The first kappa shape index (κ1) is 14.9. The lowest BCUT2D eigenvalue weighted by Gasteiger charge is -2.24. The molecule has 2 atom stereocenters. The monoisotopic (exact) mass is 303 g/mol. The van der Waals surface area contributed by atoms with Crippen LogP contribution in [0.15, 0.2) is 65.7 Å². The Morgan fingerprint density at radius 3 is 2.39 bits per heavy atom. The number of methoxy groups -OCH3 is 1. The van der Waals surface area contributed by atoms with Gasteiger partial charge in [-0.1, -0.05) is 30.3 Å². The minimum Gasteiger partial charge on any atom is -0.497 e. The van der Waals surface area contributed by atoms with Crippen LogP contribution >= 0.6 is 0 Å². The van der Waals surface area contributed by atoms with E-state index in [1.165, 1.54) is 0 Å². The van der Waals surface area contributed by atoms with Crippen LogP contribution in [0.25, 0.3) is 5.70 Å². The SMILES string of the molecule is COc1ccc(C2=C[C@@H](c3ccccc3)[C@@H](C#N)C(N)=N2)cc1. The van der Waals surface area contributed by atoms with Gasteiger partial charge in [-0.05, 0) is 35.9 Å². The highest BCUT2D eigenvalue weighted by Crippen LogP contribution is 2.34. The summed E-state index contributed by atoms with van der Waals surface area (Å²) in [5.74, 6) is 0.599. The second-order valence-corrected chi connectivity index (χ2v) is 5.36. The number of hydrogen-bond donors (Lipinski definition) is 1. The maximum atomic E-state index is 9.46. The Bertz CT molecular complexity index is 786. The fourth-order valence-electron chi connectivity index (χ4n) is 2.73. The van der Waals surface area contributed by atoms with Gasteiger partial charge in [-0.3, -0.25) is 0 Å². The molecule has 2 aromatic rings. The van der Waals surface area contributed by atoms with E-state index in [2.05, 4.69) is 11.1 Å². The van der Waals surface area contributed by atoms with Gasteiger partial charge < -0.3 is 10.5 Å². The molecule has 0 spiro atoms. The second-order valence-electron chi connectivity index (χ2n) is 5.36. The number of allylic oxidation sites excluding steroid dienone is 1. The fourth-order valence-corrected chi connectivity index (χ4v) is 2.73. The minimum absolute atomic E-state index is 0.101. The zero-order valence-corrected chi connectivity index (χ0v) is 12.8. The number of rotatable bonds is 3. The van der Waals surface area contributed by atoms with Crippen LogP contribution < -0.4 is 10.5 Å². The molecule has 1 aliphatic rings. The normalized spacial score (nSPS) is 20.2. The molecule has 0 radical (unpaired) electrons. The number of nitriles is 1. The highest BCUT2D eigenvalue weighted by Gasteiger charge is 2.29. The molecule has 0 unspecified atom stereocenters. The van der Waals surface area contributed by atoms with Crippen LogP contribution in [-0.2, 0) is 0 Å². The lowest BCUT2D eigenvalue weighted by Crippen LogP contribution is -2.30. The van der Waals surface area contributed by atoms with Gasteiger partial charge in [-0.25, -0.2) is 4.99 Å². The number of nitrogens with two attached hydrogens (primary N) is 1. The molecule has 114 valence electrons. The maximum absolute atomic E-state index is 9.46. The first-order valence-electron chi connectivity index (χ1n) is 7.38. The van der Waals surface area contributed by atoms with E-state index in [9.17, 15) is 5.26 Å². The summed E-state index contributed by atoms with van der Waals surface area (Å²) in [7, 11) is 1.63. The largest absolute Gasteiger partial charge is 0.497 e. The van der Waals surface area contributed by atoms with Crippen molar-refractivity contribution in [3.05, 3.63) is 71.8 Å². The summed E-state index contributed by atoms with van der Waals surface area (Å²) < 4.78 is 5.18. The first-order chi connectivity index (χ1) is 11.2. The molecular weight excluding hydrogens is 286 g/mol. The van der Waals surface area contributed by atoms with Gasteiger partial charge in [0.15, 0.2) is 0 Å². The molecule has 0 aromatic heterocycles. The second kappa shape index (κ2) is 6.37. The predicted octanol–water partition coefficient (Wildman–Crippen LogP) is 3.33. The number of hydrogen-bond acceptors (Lipinski definition) is 4. The van der Waals surface area contributed by atoms with Gasteiger partial charge in [0, 0.05) is 11.5 Å². The molecule has 1 heterocycles. The topological polar surface area (TPSA) is 71.4 Å². The Labute approximate surface area is 135 Å². The lowest BCUT2D eigenvalue weighted by molar-refractivity contribution is 0.415. The van der Waals surface area contributed by atoms with Crippen LogP contribution in [0.2, 0.25) is 0 Å².